The van der Waals surface area contributed by atoms with E-state index in [1.54, 1.807) is 0 Å². The van der Waals surface area contributed by atoms with Crippen LogP contribution in [0.15, 0.2) is 12.4 Å². The van der Waals surface area contributed by atoms with Crippen LogP contribution in [0.5, 0.6) is 0 Å². The summed E-state index contributed by atoms with van der Waals surface area (Å²) >= 11 is 0. The highest BCUT2D eigenvalue weighted by atomic mass is 14.9. The molecule has 2 aliphatic rings. The van der Waals surface area contributed by atoms with Gasteiger partial charge in [0.1, 0.15) is 5.82 Å². The van der Waals surface area contributed by atoms with Crippen molar-refractivity contribution in [2.24, 2.45) is 23.7 Å². The van der Waals surface area contributed by atoms with Gasteiger partial charge < -0.3 is 0 Å². The molecule has 2 aliphatic carbocycles. The monoisotopic (exact) mass is 440 g/mol. The van der Waals surface area contributed by atoms with E-state index in [1.807, 2.05) is 0 Å². The van der Waals surface area contributed by atoms with E-state index in [0.29, 0.717) is 0 Å². The normalized spacial score (nSPS) is 23.3. The molecule has 1 aromatic heterocycles. The fraction of sp³-hybridized carbons (Fsp3) is 0.867. The van der Waals surface area contributed by atoms with Crippen molar-refractivity contribution in [2.75, 3.05) is 0 Å². The summed E-state index contributed by atoms with van der Waals surface area (Å²) in [6.07, 6.45) is 32.2. The fourth-order valence-corrected chi connectivity index (χ4v) is 6.63. The van der Waals surface area contributed by atoms with E-state index in [4.69, 9.17) is 9.97 Å². The first-order chi connectivity index (χ1) is 15.8. The lowest BCUT2D eigenvalue weighted by molar-refractivity contribution is 0.121. The van der Waals surface area contributed by atoms with Crippen molar-refractivity contribution >= 4 is 0 Å². The maximum absolute atomic E-state index is 4.86. The number of aryl methyl sites for hydroxylation is 1. The standard InChI is InChI=1S/C30H52N2/c1-3-5-7-8-11-14-25-18-20-28(21-19-25)29(27-16-12-9-13-17-27)22-30-31-23-26(24-32-30)15-10-6-4-2/h23-25,27-29H,3-22H2,1-2H3. The first-order valence-electron chi connectivity index (χ1n) is 14.6. The molecule has 0 aromatic carbocycles. The number of hydrogen-bond acceptors (Lipinski definition) is 2. The van der Waals surface area contributed by atoms with Crippen molar-refractivity contribution < 1.29 is 0 Å². The lowest BCUT2D eigenvalue weighted by Crippen LogP contribution is -2.31. The quantitative estimate of drug-likeness (QED) is 0.269. The number of unbranched alkanes of at least 4 members (excludes halogenated alkanes) is 6. The maximum atomic E-state index is 4.86. The van der Waals surface area contributed by atoms with Crippen molar-refractivity contribution in [1.29, 1.82) is 0 Å². The number of rotatable bonds is 14. The van der Waals surface area contributed by atoms with Crippen LogP contribution < -0.4 is 0 Å². The predicted molar refractivity (Wildman–Crippen MR) is 138 cm³/mol. The average molecular weight is 441 g/mol. The first-order valence-corrected chi connectivity index (χ1v) is 14.6. The van der Waals surface area contributed by atoms with Crippen molar-refractivity contribution in [3.63, 3.8) is 0 Å². The van der Waals surface area contributed by atoms with Gasteiger partial charge in [-0.15, -0.1) is 0 Å². The van der Waals surface area contributed by atoms with Crippen LogP contribution in [0, 0.1) is 23.7 Å². The molecule has 2 nitrogen and oxygen atoms in total. The van der Waals surface area contributed by atoms with Gasteiger partial charge in [-0.3, -0.25) is 0 Å². The highest BCUT2D eigenvalue weighted by Crippen LogP contribution is 2.43. The van der Waals surface area contributed by atoms with Crippen molar-refractivity contribution in [3.8, 4) is 0 Å². The van der Waals surface area contributed by atoms with Crippen LogP contribution in [0.25, 0.3) is 0 Å². The predicted octanol–water partition coefficient (Wildman–Crippen LogP) is 9.12. The van der Waals surface area contributed by atoms with E-state index in [-0.39, 0.29) is 0 Å². The Morgan fingerprint density at radius 2 is 1.34 bits per heavy atom. The molecule has 0 radical (unpaired) electrons. The Morgan fingerprint density at radius 3 is 2.03 bits per heavy atom. The van der Waals surface area contributed by atoms with Gasteiger partial charge >= 0.3 is 0 Å². The molecule has 2 fully saturated rings. The van der Waals surface area contributed by atoms with Crippen molar-refractivity contribution in [3.05, 3.63) is 23.8 Å². The van der Waals surface area contributed by atoms with Gasteiger partial charge in [-0.1, -0.05) is 110 Å². The van der Waals surface area contributed by atoms with Crippen LogP contribution >= 0.6 is 0 Å². The van der Waals surface area contributed by atoms with E-state index in [9.17, 15) is 0 Å². The van der Waals surface area contributed by atoms with Crippen LogP contribution in [0.2, 0.25) is 0 Å². The molecule has 182 valence electrons. The number of hydrogen-bond donors (Lipinski definition) is 0. The summed E-state index contributed by atoms with van der Waals surface area (Å²) in [6.45, 7) is 4.59. The molecule has 0 N–H and O–H groups in total. The zero-order valence-electron chi connectivity index (χ0n) is 21.5. The summed E-state index contributed by atoms with van der Waals surface area (Å²) in [5, 5.41) is 0. The first kappa shape index (κ1) is 25.7. The molecule has 1 aromatic rings. The molecule has 0 bridgehead atoms. The minimum Gasteiger partial charge on any atom is -0.241 e. The number of aromatic nitrogens is 2. The van der Waals surface area contributed by atoms with Gasteiger partial charge in [0.2, 0.25) is 0 Å². The maximum Gasteiger partial charge on any atom is 0.128 e. The third-order valence-electron chi connectivity index (χ3n) is 8.71. The minimum atomic E-state index is 0.826. The van der Waals surface area contributed by atoms with E-state index in [1.165, 1.54) is 121 Å². The lowest BCUT2D eigenvalue weighted by Gasteiger charge is -2.39. The molecule has 2 heteroatoms. The van der Waals surface area contributed by atoms with Gasteiger partial charge in [-0.05, 0) is 54.9 Å². The van der Waals surface area contributed by atoms with Crippen LogP contribution in [-0.4, -0.2) is 9.97 Å². The third-order valence-corrected chi connectivity index (χ3v) is 8.71. The molecular weight excluding hydrogens is 388 g/mol. The van der Waals surface area contributed by atoms with E-state index < -0.39 is 0 Å². The Bertz CT molecular complexity index is 581. The van der Waals surface area contributed by atoms with E-state index in [0.717, 1.165) is 42.3 Å². The molecule has 3 rings (SSSR count). The molecule has 32 heavy (non-hydrogen) atoms. The smallest absolute Gasteiger partial charge is 0.128 e. The molecule has 0 amide bonds. The van der Waals surface area contributed by atoms with Crippen molar-refractivity contribution in [2.45, 2.75) is 142 Å². The Balaban J connectivity index is 1.51. The second-order valence-corrected chi connectivity index (χ2v) is 11.2. The average Bonchev–Trinajstić information content (AvgIpc) is 2.84. The Morgan fingerprint density at radius 1 is 0.719 bits per heavy atom. The van der Waals surface area contributed by atoms with E-state index >= 15 is 0 Å². The topological polar surface area (TPSA) is 25.8 Å². The Labute approximate surface area is 199 Å². The summed E-state index contributed by atoms with van der Waals surface area (Å²) in [5.74, 6) is 4.80. The molecule has 1 heterocycles. The van der Waals surface area contributed by atoms with Crippen molar-refractivity contribution in [1.82, 2.24) is 9.97 Å². The van der Waals surface area contributed by atoms with Crippen LogP contribution in [0.3, 0.4) is 0 Å². The van der Waals surface area contributed by atoms with E-state index in [2.05, 4.69) is 26.2 Å². The van der Waals surface area contributed by atoms with Gasteiger partial charge in [-0.2, -0.15) is 0 Å². The molecular formula is C30H52N2. The van der Waals surface area contributed by atoms with Crippen LogP contribution in [0.4, 0.5) is 0 Å². The zero-order chi connectivity index (χ0) is 22.4. The molecule has 0 spiro atoms. The SMILES string of the molecule is CCCCCCCC1CCC(C(Cc2ncc(CCCCC)cn2)C2CCCCC2)CC1. The summed E-state index contributed by atoms with van der Waals surface area (Å²) in [6, 6.07) is 0. The molecule has 1 unspecified atom stereocenters. The largest absolute Gasteiger partial charge is 0.241 e. The van der Waals surface area contributed by atoms with Gasteiger partial charge in [0.25, 0.3) is 0 Å². The molecule has 0 saturated heterocycles. The second kappa shape index (κ2) is 15.1. The third kappa shape index (κ3) is 8.79. The molecule has 0 aliphatic heterocycles. The molecule has 1 atom stereocenters. The minimum absolute atomic E-state index is 0.826. The van der Waals surface area contributed by atoms with Gasteiger partial charge in [-0.25, -0.2) is 9.97 Å². The summed E-state index contributed by atoms with van der Waals surface area (Å²) < 4.78 is 0. The van der Waals surface area contributed by atoms with Gasteiger partial charge in [0, 0.05) is 18.8 Å². The van der Waals surface area contributed by atoms with Crippen LogP contribution in [0.1, 0.15) is 141 Å². The van der Waals surface area contributed by atoms with Gasteiger partial charge in [0.05, 0.1) is 0 Å². The Kier molecular flexibility index (Phi) is 12.1. The van der Waals surface area contributed by atoms with Crippen LogP contribution in [-0.2, 0) is 12.8 Å². The highest BCUT2D eigenvalue weighted by molar-refractivity contribution is 5.06. The summed E-state index contributed by atoms with van der Waals surface area (Å²) in [7, 11) is 0. The molecule has 2 saturated carbocycles. The Hall–Kier alpha value is -0.920. The fourth-order valence-electron chi connectivity index (χ4n) is 6.63. The summed E-state index contributed by atoms with van der Waals surface area (Å²) in [4.78, 5) is 9.71. The highest BCUT2D eigenvalue weighted by Gasteiger charge is 2.33. The number of nitrogens with zero attached hydrogens (tertiary/aromatic N) is 2. The van der Waals surface area contributed by atoms with Gasteiger partial charge in [0.15, 0.2) is 0 Å². The second-order valence-electron chi connectivity index (χ2n) is 11.2. The lowest BCUT2D eigenvalue weighted by atomic mass is 9.66. The summed E-state index contributed by atoms with van der Waals surface area (Å²) in [5.41, 5.74) is 1.33. The zero-order valence-corrected chi connectivity index (χ0v) is 21.5.